The maximum Gasteiger partial charge on any atom is 0.308 e. The molecule has 0 aliphatic carbocycles. The summed E-state index contributed by atoms with van der Waals surface area (Å²) < 4.78 is 0. The SMILES string of the molecule is CCC(CN(C)c1ccnc(Cl)c1)C(=O)O. The van der Waals surface area contributed by atoms with Crippen molar-refractivity contribution in [2.45, 2.75) is 13.3 Å². The summed E-state index contributed by atoms with van der Waals surface area (Å²) in [6, 6.07) is 3.52. The van der Waals surface area contributed by atoms with E-state index in [2.05, 4.69) is 4.98 Å². The Hall–Kier alpha value is -1.29. The van der Waals surface area contributed by atoms with E-state index >= 15 is 0 Å². The van der Waals surface area contributed by atoms with Gasteiger partial charge in [0.1, 0.15) is 5.15 Å². The molecule has 0 amide bonds. The Balaban J connectivity index is 2.71. The highest BCUT2D eigenvalue weighted by atomic mass is 35.5. The highest BCUT2D eigenvalue weighted by Gasteiger charge is 2.17. The number of anilines is 1. The largest absolute Gasteiger partial charge is 0.481 e. The minimum atomic E-state index is -0.769. The van der Waals surface area contributed by atoms with Crippen LogP contribution >= 0.6 is 11.6 Å². The number of carboxylic acids is 1. The summed E-state index contributed by atoms with van der Waals surface area (Å²) in [6.07, 6.45) is 2.22. The van der Waals surface area contributed by atoms with Gasteiger partial charge in [0.25, 0.3) is 0 Å². The van der Waals surface area contributed by atoms with Crippen molar-refractivity contribution >= 4 is 23.3 Å². The minimum Gasteiger partial charge on any atom is -0.481 e. The van der Waals surface area contributed by atoms with Gasteiger partial charge in [-0.15, -0.1) is 0 Å². The summed E-state index contributed by atoms with van der Waals surface area (Å²) in [7, 11) is 1.84. The number of aliphatic carboxylic acids is 1. The molecule has 16 heavy (non-hydrogen) atoms. The van der Waals surface area contributed by atoms with Gasteiger partial charge in [-0.3, -0.25) is 4.79 Å². The zero-order valence-electron chi connectivity index (χ0n) is 9.35. The van der Waals surface area contributed by atoms with E-state index < -0.39 is 5.97 Å². The quantitative estimate of drug-likeness (QED) is 0.805. The summed E-state index contributed by atoms with van der Waals surface area (Å²) in [6.45, 7) is 2.33. The lowest BCUT2D eigenvalue weighted by molar-refractivity contribution is -0.141. The Bertz CT molecular complexity index is 371. The second kappa shape index (κ2) is 5.70. The molecular formula is C11H15ClN2O2. The minimum absolute atomic E-state index is 0.364. The number of pyridine rings is 1. The molecule has 5 heteroatoms. The van der Waals surface area contributed by atoms with Crippen LogP contribution in [0.15, 0.2) is 18.3 Å². The molecule has 1 aromatic heterocycles. The van der Waals surface area contributed by atoms with Gasteiger partial charge in [0.05, 0.1) is 5.92 Å². The summed E-state index contributed by atoms with van der Waals surface area (Å²) in [5, 5.41) is 9.37. The van der Waals surface area contributed by atoms with Crippen LogP contribution in [0.4, 0.5) is 5.69 Å². The van der Waals surface area contributed by atoms with Crippen LogP contribution in [-0.4, -0.2) is 29.7 Å². The van der Waals surface area contributed by atoms with E-state index in [1.165, 1.54) is 0 Å². The summed E-state index contributed by atoms with van der Waals surface area (Å²) in [4.78, 5) is 16.6. The van der Waals surface area contributed by atoms with Gasteiger partial charge < -0.3 is 10.0 Å². The van der Waals surface area contributed by atoms with Crippen molar-refractivity contribution in [3.05, 3.63) is 23.5 Å². The molecule has 4 nitrogen and oxygen atoms in total. The van der Waals surface area contributed by atoms with E-state index in [0.717, 1.165) is 5.69 Å². The Morgan fingerprint density at radius 3 is 2.88 bits per heavy atom. The number of rotatable bonds is 5. The third-order valence-corrected chi connectivity index (χ3v) is 2.69. The molecule has 88 valence electrons. The number of hydrogen-bond acceptors (Lipinski definition) is 3. The highest BCUT2D eigenvalue weighted by Crippen LogP contribution is 2.17. The van der Waals surface area contributed by atoms with Crippen molar-refractivity contribution in [2.75, 3.05) is 18.5 Å². The van der Waals surface area contributed by atoms with Gasteiger partial charge in [-0.2, -0.15) is 0 Å². The second-order valence-corrected chi connectivity index (χ2v) is 4.05. The predicted octanol–water partition coefficient (Wildman–Crippen LogP) is 2.28. The van der Waals surface area contributed by atoms with E-state index in [0.29, 0.717) is 18.1 Å². The first-order valence-corrected chi connectivity index (χ1v) is 5.48. The zero-order valence-corrected chi connectivity index (χ0v) is 10.1. The average Bonchev–Trinajstić information content (AvgIpc) is 2.25. The van der Waals surface area contributed by atoms with Gasteiger partial charge >= 0.3 is 5.97 Å². The topological polar surface area (TPSA) is 53.4 Å². The van der Waals surface area contributed by atoms with Gasteiger partial charge in [-0.1, -0.05) is 18.5 Å². The lowest BCUT2D eigenvalue weighted by Crippen LogP contribution is -2.29. The number of carbonyl (C=O) groups is 1. The second-order valence-electron chi connectivity index (χ2n) is 3.66. The van der Waals surface area contributed by atoms with E-state index in [1.54, 1.807) is 18.3 Å². The molecule has 0 fully saturated rings. The molecule has 0 radical (unpaired) electrons. The standard InChI is InChI=1S/C11H15ClN2O2/c1-3-8(11(15)16)7-14(2)9-4-5-13-10(12)6-9/h4-6,8H,3,7H2,1-2H3,(H,15,16). The Labute approximate surface area is 99.9 Å². The normalized spacial score (nSPS) is 12.2. The maximum absolute atomic E-state index is 10.9. The number of carboxylic acid groups (broad SMARTS) is 1. The molecule has 0 aliphatic rings. The molecule has 0 aromatic carbocycles. The highest BCUT2D eigenvalue weighted by molar-refractivity contribution is 6.29. The third-order valence-electron chi connectivity index (χ3n) is 2.49. The van der Waals surface area contributed by atoms with E-state index in [9.17, 15) is 4.79 Å². The van der Waals surface area contributed by atoms with E-state index in [-0.39, 0.29) is 5.92 Å². The van der Waals surface area contributed by atoms with Crippen LogP contribution in [0.3, 0.4) is 0 Å². The molecule has 0 saturated heterocycles. The summed E-state index contributed by atoms with van der Waals surface area (Å²) in [5.74, 6) is -1.13. The van der Waals surface area contributed by atoms with Crippen molar-refractivity contribution in [1.29, 1.82) is 0 Å². The van der Waals surface area contributed by atoms with Gasteiger partial charge in [0.15, 0.2) is 0 Å². The molecule has 1 N–H and O–H groups in total. The van der Waals surface area contributed by atoms with Crippen molar-refractivity contribution in [1.82, 2.24) is 4.98 Å². The average molecular weight is 243 g/mol. The number of nitrogens with zero attached hydrogens (tertiary/aromatic N) is 2. The predicted molar refractivity (Wildman–Crippen MR) is 63.9 cm³/mol. The smallest absolute Gasteiger partial charge is 0.308 e. The van der Waals surface area contributed by atoms with Gasteiger partial charge in [0.2, 0.25) is 0 Å². The maximum atomic E-state index is 10.9. The fraction of sp³-hybridized carbons (Fsp3) is 0.455. The molecule has 0 saturated carbocycles. The van der Waals surface area contributed by atoms with Gasteiger partial charge in [-0.25, -0.2) is 4.98 Å². The molecule has 1 heterocycles. The number of aromatic nitrogens is 1. The summed E-state index contributed by atoms with van der Waals surface area (Å²) in [5.41, 5.74) is 0.875. The Morgan fingerprint density at radius 2 is 2.38 bits per heavy atom. The van der Waals surface area contributed by atoms with Crippen LogP contribution in [-0.2, 0) is 4.79 Å². The first kappa shape index (κ1) is 12.8. The first-order valence-electron chi connectivity index (χ1n) is 5.10. The van der Waals surface area contributed by atoms with Gasteiger partial charge in [0, 0.05) is 25.5 Å². The summed E-state index contributed by atoms with van der Waals surface area (Å²) >= 11 is 5.77. The molecule has 1 rings (SSSR count). The zero-order chi connectivity index (χ0) is 12.1. The van der Waals surface area contributed by atoms with Crippen LogP contribution in [0.5, 0.6) is 0 Å². The molecule has 1 aromatic rings. The number of hydrogen-bond donors (Lipinski definition) is 1. The molecule has 1 atom stereocenters. The van der Waals surface area contributed by atoms with E-state index in [1.807, 2.05) is 18.9 Å². The van der Waals surface area contributed by atoms with Crippen LogP contribution in [0.25, 0.3) is 0 Å². The molecule has 0 aliphatic heterocycles. The Kier molecular flexibility index (Phi) is 4.55. The lowest BCUT2D eigenvalue weighted by atomic mass is 10.1. The van der Waals surface area contributed by atoms with Crippen LogP contribution in [0.1, 0.15) is 13.3 Å². The van der Waals surface area contributed by atoms with Gasteiger partial charge in [-0.05, 0) is 18.6 Å². The van der Waals surface area contributed by atoms with Crippen LogP contribution in [0, 0.1) is 5.92 Å². The van der Waals surface area contributed by atoms with E-state index in [4.69, 9.17) is 16.7 Å². The molecular weight excluding hydrogens is 228 g/mol. The van der Waals surface area contributed by atoms with Crippen LogP contribution < -0.4 is 4.90 Å². The van der Waals surface area contributed by atoms with Crippen LogP contribution in [0.2, 0.25) is 5.15 Å². The van der Waals surface area contributed by atoms with Crippen molar-refractivity contribution in [3.8, 4) is 0 Å². The molecule has 1 unspecified atom stereocenters. The molecule has 0 bridgehead atoms. The first-order chi connectivity index (χ1) is 7.54. The van der Waals surface area contributed by atoms with Crippen molar-refractivity contribution < 1.29 is 9.90 Å². The fourth-order valence-corrected chi connectivity index (χ4v) is 1.62. The fourth-order valence-electron chi connectivity index (χ4n) is 1.45. The number of halogens is 1. The lowest BCUT2D eigenvalue weighted by Gasteiger charge is -2.22. The van der Waals surface area contributed by atoms with Crippen molar-refractivity contribution in [3.63, 3.8) is 0 Å². The molecule has 0 spiro atoms. The third kappa shape index (κ3) is 3.38. The Morgan fingerprint density at radius 1 is 1.69 bits per heavy atom. The monoisotopic (exact) mass is 242 g/mol. The van der Waals surface area contributed by atoms with Crippen molar-refractivity contribution in [2.24, 2.45) is 5.92 Å².